The van der Waals surface area contributed by atoms with Crippen molar-refractivity contribution in [3.63, 3.8) is 0 Å². The smallest absolute Gasteiger partial charge is 0.246 e. The monoisotopic (exact) mass is 316 g/mol. The Hall–Kier alpha value is -1.22. The Kier molecular flexibility index (Phi) is 4.28. The van der Waals surface area contributed by atoms with Gasteiger partial charge in [0, 0.05) is 11.4 Å². The minimum Gasteiger partial charge on any atom is -0.386 e. The lowest BCUT2D eigenvalue weighted by molar-refractivity contribution is 0.185. The van der Waals surface area contributed by atoms with Gasteiger partial charge in [0.2, 0.25) is 10.0 Å². The van der Waals surface area contributed by atoms with E-state index in [0.717, 1.165) is 10.4 Å². The molecule has 0 unspecified atom stereocenters. The fourth-order valence-corrected chi connectivity index (χ4v) is 4.21. The summed E-state index contributed by atoms with van der Waals surface area (Å²) in [6.07, 6.45) is -0.870. The number of hydrogen-bond donors (Lipinski definition) is 2. The first-order chi connectivity index (χ1) is 9.33. The van der Waals surface area contributed by atoms with Gasteiger partial charge >= 0.3 is 0 Å². The largest absolute Gasteiger partial charge is 0.386 e. The summed E-state index contributed by atoms with van der Waals surface area (Å²) in [4.78, 5) is 0.791. The van der Waals surface area contributed by atoms with Crippen LogP contribution in [0.1, 0.15) is 28.0 Å². The standard InChI is InChI=1S/C12H16N2O4S2/c1-7-4-5-19-11(7)10(15)6-13-20(16,17)12-8(2)14-18-9(12)3/h4-5,10,13,15H,6H2,1-3H3/t10-/m1/s1. The second-order valence-electron chi connectivity index (χ2n) is 4.49. The molecule has 2 heterocycles. The summed E-state index contributed by atoms with van der Waals surface area (Å²) < 4.78 is 31.6. The van der Waals surface area contributed by atoms with E-state index in [0.29, 0.717) is 5.69 Å². The number of nitrogens with zero attached hydrogens (tertiary/aromatic N) is 1. The molecular formula is C12H16N2O4S2. The number of aliphatic hydroxyl groups is 1. The number of thiophene rings is 1. The zero-order valence-corrected chi connectivity index (χ0v) is 13.0. The van der Waals surface area contributed by atoms with Crippen LogP contribution < -0.4 is 4.72 Å². The fourth-order valence-electron chi connectivity index (χ4n) is 1.94. The molecule has 0 spiro atoms. The molecule has 0 amide bonds. The Balaban J connectivity index is 2.13. The van der Waals surface area contributed by atoms with Crippen molar-refractivity contribution in [1.82, 2.24) is 9.88 Å². The molecule has 110 valence electrons. The average molecular weight is 316 g/mol. The number of sulfonamides is 1. The van der Waals surface area contributed by atoms with Crippen LogP contribution in [0.5, 0.6) is 0 Å². The molecule has 0 aliphatic heterocycles. The lowest BCUT2D eigenvalue weighted by atomic mass is 10.2. The maximum atomic E-state index is 12.2. The Morgan fingerprint density at radius 3 is 2.65 bits per heavy atom. The summed E-state index contributed by atoms with van der Waals surface area (Å²) in [5.74, 6) is 0.233. The number of nitrogens with one attached hydrogen (secondary N) is 1. The molecule has 6 nitrogen and oxygen atoms in total. The molecule has 0 saturated carbocycles. The quantitative estimate of drug-likeness (QED) is 0.875. The van der Waals surface area contributed by atoms with Gasteiger partial charge in [-0.05, 0) is 37.8 Å². The fraction of sp³-hybridized carbons (Fsp3) is 0.417. The van der Waals surface area contributed by atoms with Gasteiger partial charge in [-0.2, -0.15) is 0 Å². The third-order valence-electron chi connectivity index (χ3n) is 2.91. The molecule has 2 rings (SSSR count). The van der Waals surface area contributed by atoms with Crippen LogP contribution in [-0.2, 0) is 10.0 Å². The minimum absolute atomic E-state index is 0.0348. The number of hydrogen-bond acceptors (Lipinski definition) is 6. The van der Waals surface area contributed by atoms with Gasteiger partial charge in [0.1, 0.15) is 16.7 Å². The van der Waals surface area contributed by atoms with E-state index in [-0.39, 0.29) is 17.2 Å². The van der Waals surface area contributed by atoms with Crippen LogP contribution in [0.15, 0.2) is 20.9 Å². The molecule has 0 fully saturated rings. The van der Waals surface area contributed by atoms with E-state index in [4.69, 9.17) is 4.52 Å². The van der Waals surface area contributed by atoms with E-state index in [2.05, 4.69) is 9.88 Å². The topological polar surface area (TPSA) is 92.4 Å². The van der Waals surface area contributed by atoms with Gasteiger partial charge in [-0.15, -0.1) is 11.3 Å². The van der Waals surface area contributed by atoms with Crippen molar-refractivity contribution >= 4 is 21.4 Å². The van der Waals surface area contributed by atoms with Crippen molar-refractivity contribution in [1.29, 1.82) is 0 Å². The molecule has 1 atom stereocenters. The Labute approximate surface area is 121 Å². The van der Waals surface area contributed by atoms with E-state index in [1.54, 1.807) is 6.92 Å². The first kappa shape index (κ1) is 15.2. The summed E-state index contributed by atoms with van der Waals surface area (Å²) in [7, 11) is -3.74. The first-order valence-corrected chi connectivity index (χ1v) is 8.34. The molecule has 20 heavy (non-hydrogen) atoms. The number of aliphatic hydroxyl groups excluding tert-OH is 1. The van der Waals surface area contributed by atoms with Crippen LogP contribution in [0.4, 0.5) is 0 Å². The van der Waals surface area contributed by atoms with E-state index >= 15 is 0 Å². The van der Waals surface area contributed by atoms with Gasteiger partial charge in [0.25, 0.3) is 0 Å². The molecule has 0 saturated heterocycles. The van der Waals surface area contributed by atoms with Crippen molar-refractivity contribution < 1.29 is 18.0 Å². The van der Waals surface area contributed by atoms with Crippen LogP contribution in [0.25, 0.3) is 0 Å². The van der Waals surface area contributed by atoms with Gasteiger partial charge in [-0.1, -0.05) is 5.16 Å². The van der Waals surface area contributed by atoms with Gasteiger partial charge < -0.3 is 9.63 Å². The van der Waals surface area contributed by atoms with E-state index in [1.807, 2.05) is 18.4 Å². The third kappa shape index (κ3) is 2.93. The Morgan fingerprint density at radius 1 is 1.45 bits per heavy atom. The molecule has 2 aromatic rings. The second kappa shape index (κ2) is 5.65. The van der Waals surface area contributed by atoms with Crippen molar-refractivity contribution in [3.05, 3.63) is 33.3 Å². The molecule has 2 N–H and O–H groups in total. The normalized spacial score (nSPS) is 13.6. The average Bonchev–Trinajstić information content (AvgIpc) is 2.93. The summed E-state index contributed by atoms with van der Waals surface area (Å²) in [6, 6.07) is 1.88. The summed E-state index contributed by atoms with van der Waals surface area (Å²) in [5.41, 5.74) is 1.25. The highest BCUT2D eigenvalue weighted by atomic mass is 32.2. The molecule has 0 bridgehead atoms. The lowest BCUT2D eigenvalue weighted by Gasteiger charge is -2.11. The maximum absolute atomic E-state index is 12.2. The molecule has 0 aromatic carbocycles. The molecular weight excluding hydrogens is 300 g/mol. The summed E-state index contributed by atoms with van der Waals surface area (Å²) in [5, 5.41) is 15.5. The highest BCUT2D eigenvalue weighted by Gasteiger charge is 2.25. The van der Waals surface area contributed by atoms with Crippen LogP contribution >= 0.6 is 11.3 Å². The van der Waals surface area contributed by atoms with Crippen LogP contribution in [-0.4, -0.2) is 25.2 Å². The van der Waals surface area contributed by atoms with Crippen molar-refractivity contribution in [2.24, 2.45) is 0 Å². The van der Waals surface area contributed by atoms with Gasteiger partial charge in [-0.3, -0.25) is 0 Å². The van der Waals surface area contributed by atoms with Gasteiger partial charge in [-0.25, -0.2) is 13.1 Å². The van der Waals surface area contributed by atoms with Crippen molar-refractivity contribution in [2.75, 3.05) is 6.54 Å². The van der Waals surface area contributed by atoms with Gasteiger partial charge in [0.05, 0.1) is 0 Å². The molecule has 0 aliphatic rings. The zero-order valence-electron chi connectivity index (χ0n) is 11.4. The third-order valence-corrected chi connectivity index (χ3v) is 5.69. The van der Waals surface area contributed by atoms with Crippen molar-refractivity contribution in [2.45, 2.75) is 31.8 Å². The second-order valence-corrected chi connectivity index (χ2v) is 7.14. The zero-order chi connectivity index (χ0) is 14.9. The van der Waals surface area contributed by atoms with E-state index in [1.165, 1.54) is 18.3 Å². The molecule has 8 heteroatoms. The predicted octanol–water partition coefficient (Wildman–Crippen LogP) is 1.67. The Bertz CT molecular complexity index is 683. The maximum Gasteiger partial charge on any atom is 0.246 e. The summed E-state index contributed by atoms with van der Waals surface area (Å²) >= 11 is 1.40. The summed E-state index contributed by atoms with van der Waals surface area (Å²) in [6.45, 7) is 4.88. The molecule has 0 aliphatic carbocycles. The first-order valence-electron chi connectivity index (χ1n) is 5.97. The van der Waals surface area contributed by atoms with Crippen LogP contribution in [0.2, 0.25) is 0 Å². The highest BCUT2D eigenvalue weighted by Crippen LogP contribution is 2.24. The van der Waals surface area contributed by atoms with Crippen LogP contribution in [0, 0.1) is 20.8 Å². The van der Waals surface area contributed by atoms with Crippen LogP contribution in [0.3, 0.4) is 0 Å². The molecule has 2 aromatic heterocycles. The number of aryl methyl sites for hydroxylation is 3. The lowest BCUT2D eigenvalue weighted by Crippen LogP contribution is -2.29. The predicted molar refractivity (Wildman–Crippen MR) is 75.2 cm³/mol. The minimum atomic E-state index is -3.74. The van der Waals surface area contributed by atoms with Gasteiger partial charge in [0.15, 0.2) is 5.76 Å². The molecule has 0 radical (unpaired) electrons. The van der Waals surface area contributed by atoms with Crippen molar-refractivity contribution in [3.8, 4) is 0 Å². The van der Waals surface area contributed by atoms with E-state index in [9.17, 15) is 13.5 Å². The highest BCUT2D eigenvalue weighted by molar-refractivity contribution is 7.89. The number of aromatic nitrogens is 1. The SMILES string of the molecule is Cc1ccsc1[C@H](O)CNS(=O)(=O)c1c(C)noc1C. The Morgan fingerprint density at radius 2 is 2.15 bits per heavy atom. The van der Waals surface area contributed by atoms with E-state index < -0.39 is 16.1 Å². The number of rotatable bonds is 5.